The van der Waals surface area contributed by atoms with E-state index in [-0.39, 0.29) is 0 Å². The molecule has 3 heteroatoms. The fourth-order valence-corrected chi connectivity index (χ4v) is 1.81. The summed E-state index contributed by atoms with van der Waals surface area (Å²) in [6.07, 6.45) is 3.88. The molecule has 1 heterocycles. The predicted molar refractivity (Wildman–Crippen MR) is 70.7 cm³/mol. The summed E-state index contributed by atoms with van der Waals surface area (Å²) >= 11 is 4.31. The van der Waals surface area contributed by atoms with Gasteiger partial charge in [-0.1, -0.05) is 37.3 Å². The summed E-state index contributed by atoms with van der Waals surface area (Å²) < 4.78 is 2.19. The van der Waals surface area contributed by atoms with Crippen LogP contribution in [0.4, 0.5) is 0 Å². The molecule has 0 aliphatic rings. The first-order valence-electron chi connectivity index (χ1n) is 5.48. The molecule has 0 saturated carbocycles. The first kappa shape index (κ1) is 11.3. The van der Waals surface area contributed by atoms with Crippen molar-refractivity contribution in [1.29, 1.82) is 0 Å². The van der Waals surface area contributed by atoms with E-state index in [1.165, 1.54) is 5.56 Å². The highest BCUT2D eigenvalue weighted by molar-refractivity contribution is 7.80. The standard InChI is InChI=1S/C13H16N2S/c1-11(10-16)9-15-8-7-14-13(15)12-5-3-2-4-6-12/h2-8,11,16H,9-10H2,1H3. The number of nitrogens with zero attached hydrogens (tertiary/aromatic N) is 2. The van der Waals surface area contributed by atoms with Crippen molar-refractivity contribution in [3.63, 3.8) is 0 Å². The molecule has 0 bridgehead atoms. The third kappa shape index (κ3) is 2.47. The Kier molecular flexibility index (Phi) is 3.67. The lowest BCUT2D eigenvalue weighted by molar-refractivity contribution is 0.535. The minimum Gasteiger partial charge on any atom is -0.331 e. The largest absolute Gasteiger partial charge is 0.331 e. The maximum Gasteiger partial charge on any atom is 0.139 e. The number of aromatic nitrogens is 2. The van der Waals surface area contributed by atoms with Gasteiger partial charge in [-0.15, -0.1) is 0 Å². The van der Waals surface area contributed by atoms with E-state index in [4.69, 9.17) is 0 Å². The van der Waals surface area contributed by atoms with Crippen molar-refractivity contribution < 1.29 is 0 Å². The van der Waals surface area contributed by atoms with E-state index in [2.05, 4.69) is 41.2 Å². The van der Waals surface area contributed by atoms with Gasteiger partial charge in [-0.2, -0.15) is 12.6 Å². The monoisotopic (exact) mass is 232 g/mol. The van der Waals surface area contributed by atoms with Gasteiger partial charge in [-0.05, 0) is 11.7 Å². The highest BCUT2D eigenvalue weighted by Crippen LogP contribution is 2.18. The molecular weight excluding hydrogens is 216 g/mol. The molecule has 84 valence electrons. The molecule has 0 fully saturated rings. The zero-order valence-corrected chi connectivity index (χ0v) is 10.3. The minimum atomic E-state index is 0.556. The lowest BCUT2D eigenvalue weighted by atomic mass is 10.2. The molecule has 0 amide bonds. The van der Waals surface area contributed by atoms with Crippen LogP contribution in [0.5, 0.6) is 0 Å². The molecule has 0 spiro atoms. The van der Waals surface area contributed by atoms with Crippen molar-refractivity contribution in [2.75, 3.05) is 5.75 Å². The average molecular weight is 232 g/mol. The predicted octanol–water partition coefficient (Wildman–Crippen LogP) is 3.12. The number of rotatable bonds is 4. The number of hydrogen-bond acceptors (Lipinski definition) is 2. The summed E-state index contributed by atoms with van der Waals surface area (Å²) in [5, 5.41) is 0. The maximum atomic E-state index is 4.41. The zero-order valence-electron chi connectivity index (χ0n) is 9.37. The Balaban J connectivity index is 2.26. The van der Waals surface area contributed by atoms with E-state index in [1.807, 2.05) is 30.6 Å². The van der Waals surface area contributed by atoms with Crippen LogP contribution in [-0.2, 0) is 6.54 Å². The fraction of sp³-hybridized carbons (Fsp3) is 0.308. The zero-order chi connectivity index (χ0) is 11.4. The Labute approximate surface area is 102 Å². The van der Waals surface area contributed by atoms with Gasteiger partial charge >= 0.3 is 0 Å². The van der Waals surface area contributed by atoms with Crippen molar-refractivity contribution in [3.05, 3.63) is 42.7 Å². The summed E-state index contributed by atoms with van der Waals surface area (Å²) in [6, 6.07) is 10.3. The molecule has 1 aromatic heterocycles. The average Bonchev–Trinajstić information content (AvgIpc) is 2.78. The van der Waals surface area contributed by atoms with E-state index >= 15 is 0 Å². The molecule has 0 radical (unpaired) electrons. The molecule has 2 nitrogen and oxygen atoms in total. The van der Waals surface area contributed by atoms with Gasteiger partial charge in [-0.3, -0.25) is 0 Å². The summed E-state index contributed by atoms with van der Waals surface area (Å²) in [6.45, 7) is 3.16. The first-order valence-corrected chi connectivity index (χ1v) is 6.12. The second-order valence-corrected chi connectivity index (χ2v) is 4.42. The molecule has 0 aliphatic carbocycles. The Bertz CT molecular complexity index is 436. The van der Waals surface area contributed by atoms with Gasteiger partial charge in [0.2, 0.25) is 0 Å². The number of imidazole rings is 1. The molecule has 1 atom stereocenters. The van der Waals surface area contributed by atoms with E-state index in [0.29, 0.717) is 5.92 Å². The second-order valence-electron chi connectivity index (χ2n) is 4.06. The van der Waals surface area contributed by atoms with Crippen LogP contribution in [0, 0.1) is 5.92 Å². The normalized spacial score (nSPS) is 12.6. The van der Waals surface area contributed by atoms with Crippen LogP contribution in [-0.4, -0.2) is 15.3 Å². The van der Waals surface area contributed by atoms with Gasteiger partial charge in [0.1, 0.15) is 5.82 Å². The molecular formula is C13H16N2S. The van der Waals surface area contributed by atoms with Crippen LogP contribution >= 0.6 is 12.6 Å². The van der Waals surface area contributed by atoms with Gasteiger partial charge in [0, 0.05) is 24.5 Å². The quantitative estimate of drug-likeness (QED) is 0.802. The van der Waals surface area contributed by atoms with Crippen molar-refractivity contribution >= 4 is 12.6 Å². The van der Waals surface area contributed by atoms with Crippen molar-refractivity contribution in [2.24, 2.45) is 5.92 Å². The van der Waals surface area contributed by atoms with Gasteiger partial charge in [0.05, 0.1) is 0 Å². The topological polar surface area (TPSA) is 17.8 Å². The van der Waals surface area contributed by atoms with Gasteiger partial charge in [-0.25, -0.2) is 4.98 Å². The molecule has 1 unspecified atom stereocenters. The van der Waals surface area contributed by atoms with Crippen LogP contribution in [0.25, 0.3) is 11.4 Å². The van der Waals surface area contributed by atoms with E-state index in [1.54, 1.807) is 0 Å². The minimum absolute atomic E-state index is 0.556. The van der Waals surface area contributed by atoms with Gasteiger partial charge in [0.25, 0.3) is 0 Å². The van der Waals surface area contributed by atoms with Crippen molar-refractivity contribution in [3.8, 4) is 11.4 Å². The van der Waals surface area contributed by atoms with Gasteiger partial charge < -0.3 is 4.57 Å². The molecule has 16 heavy (non-hydrogen) atoms. The summed E-state index contributed by atoms with van der Waals surface area (Å²) in [5.74, 6) is 2.49. The number of hydrogen-bond donors (Lipinski definition) is 1. The molecule has 1 aromatic carbocycles. The van der Waals surface area contributed by atoms with E-state index < -0.39 is 0 Å². The van der Waals surface area contributed by atoms with Crippen LogP contribution in [0.15, 0.2) is 42.7 Å². The second kappa shape index (κ2) is 5.21. The Morgan fingerprint density at radius 3 is 2.75 bits per heavy atom. The van der Waals surface area contributed by atoms with Gasteiger partial charge in [0.15, 0.2) is 0 Å². The Morgan fingerprint density at radius 1 is 1.31 bits per heavy atom. The SMILES string of the molecule is CC(CS)Cn1ccnc1-c1ccccc1. The van der Waals surface area contributed by atoms with Crippen LogP contribution < -0.4 is 0 Å². The third-order valence-corrected chi connectivity index (χ3v) is 3.19. The summed E-state index contributed by atoms with van der Waals surface area (Å²) in [4.78, 5) is 4.41. The van der Waals surface area contributed by atoms with Crippen LogP contribution in [0.1, 0.15) is 6.92 Å². The molecule has 0 saturated heterocycles. The van der Waals surface area contributed by atoms with E-state index in [0.717, 1.165) is 18.1 Å². The summed E-state index contributed by atoms with van der Waals surface area (Å²) in [5.41, 5.74) is 1.17. The fourth-order valence-electron chi connectivity index (χ4n) is 1.70. The number of benzene rings is 1. The highest BCUT2D eigenvalue weighted by atomic mass is 32.1. The Morgan fingerprint density at radius 2 is 2.06 bits per heavy atom. The molecule has 2 aromatic rings. The van der Waals surface area contributed by atoms with Crippen molar-refractivity contribution in [2.45, 2.75) is 13.5 Å². The van der Waals surface area contributed by atoms with Crippen LogP contribution in [0.2, 0.25) is 0 Å². The summed E-state index contributed by atoms with van der Waals surface area (Å²) in [7, 11) is 0. The molecule has 0 N–H and O–H groups in total. The highest BCUT2D eigenvalue weighted by Gasteiger charge is 2.07. The van der Waals surface area contributed by atoms with E-state index in [9.17, 15) is 0 Å². The Hall–Kier alpha value is -1.22. The van der Waals surface area contributed by atoms with Crippen molar-refractivity contribution in [1.82, 2.24) is 9.55 Å². The van der Waals surface area contributed by atoms with Crippen LogP contribution in [0.3, 0.4) is 0 Å². The smallest absolute Gasteiger partial charge is 0.139 e. The lowest BCUT2D eigenvalue weighted by Crippen LogP contribution is -2.09. The maximum absolute atomic E-state index is 4.41. The third-order valence-electron chi connectivity index (χ3n) is 2.57. The number of thiol groups is 1. The first-order chi connectivity index (χ1) is 7.81. The molecule has 2 rings (SSSR count). The molecule has 0 aliphatic heterocycles. The lowest BCUT2D eigenvalue weighted by Gasteiger charge is -2.12.